The minimum atomic E-state index is -0.398. The minimum Gasteiger partial charge on any atom is -0.493 e. The Morgan fingerprint density at radius 1 is 1.09 bits per heavy atom. The summed E-state index contributed by atoms with van der Waals surface area (Å²) in [6.45, 7) is 0.486. The summed E-state index contributed by atoms with van der Waals surface area (Å²) in [6.07, 6.45) is 3.98. The Morgan fingerprint density at radius 2 is 1.91 bits per heavy atom. The number of nitrogens with zero attached hydrogens (tertiary/aromatic N) is 2. The fraction of sp³-hybridized carbons (Fsp3) is 0.333. The van der Waals surface area contributed by atoms with Crippen LogP contribution < -0.4 is 29.7 Å². The zero-order valence-electron chi connectivity index (χ0n) is 18.9. The Morgan fingerprint density at radius 3 is 2.74 bits per heavy atom. The van der Waals surface area contributed by atoms with Crippen molar-refractivity contribution in [2.45, 2.75) is 25.0 Å². The molecule has 2 aromatic rings. The maximum Gasteiger partial charge on any atom is 0.251 e. The molecule has 0 spiro atoms. The number of methoxy groups -OCH3 is 2. The van der Waals surface area contributed by atoms with Gasteiger partial charge in [0.05, 0.1) is 20.3 Å². The molecule has 10 nitrogen and oxygen atoms in total. The topological polar surface area (TPSA) is 102 Å². The van der Waals surface area contributed by atoms with Crippen molar-refractivity contribution in [1.82, 2.24) is 20.7 Å². The first kappa shape index (κ1) is 21.9. The maximum absolute atomic E-state index is 13.1. The van der Waals surface area contributed by atoms with Gasteiger partial charge in [0.1, 0.15) is 12.6 Å². The van der Waals surface area contributed by atoms with Gasteiger partial charge in [0.2, 0.25) is 12.7 Å². The average molecular weight is 466 g/mol. The summed E-state index contributed by atoms with van der Waals surface area (Å²) in [7, 11) is 3.18. The second-order valence-corrected chi connectivity index (χ2v) is 8.18. The summed E-state index contributed by atoms with van der Waals surface area (Å²) in [5, 5.41) is 4.65. The number of ether oxygens (including phenoxy) is 4. The number of fused-ring (bicyclic) bond motifs is 2. The van der Waals surface area contributed by atoms with E-state index in [2.05, 4.69) is 10.7 Å². The van der Waals surface area contributed by atoms with E-state index < -0.39 is 6.04 Å². The molecule has 1 fully saturated rings. The van der Waals surface area contributed by atoms with Gasteiger partial charge in [-0.3, -0.25) is 9.59 Å². The Kier molecular flexibility index (Phi) is 5.89. The van der Waals surface area contributed by atoms with Crippen molar-refractivity contribution in [2.75, 3.05) is 27.6 Å². The van der Waals surface area contributed by atoms with Crippen LogP contribution in [-0.4, -0.2) is 55.3 Å². The predicted molar refractivity (Wildman–Crippen MR) is 121 cm³/mol. The quantitative estimate of drug-likeness (QED) is 0.636. The van der Waals surface area contributed by atoms with Crippen molar-refractivity contribution in [3.05, 3.63) is 59.9 Å². The number of rotatable bonds is 7. The van der Waals surface area contributed by atoms with Crippen LogP contribution in [0.2, 0.25) is 0 Å². The zero-order valence-corrected chi connectivity index (χ0v) is 18.9. The van der Waals surface area contributed by atoms with Crippen molar-refractivity contribution in [3.63, 3.8) is 0 Å². The largest absolute Gasteiger partial charge is 0.493 e. The zero-order chi connectivity index (χ0) is 23.7. The standard InChI is InChI=1S/C24H26N4O6/c1-31-19-6-4-16(10-21(19)32-2)17-11-18-24(30)27(7-8-28(18)26-17)13-23(29)25-12-15-3-5-20-22(9-15)34-14-33-20/h3-10,17-18,26H,11-14H2,1-2H3,(H,25,29). The van der Waals surface area contributed by atoms with Crippen molar-refractivity contribution in [2.24, 2.45) is 0 Å². The van der Waals surface area contributed by atoms with Crippen LogP contribution in [-0.2, 0) is 16.1 Å². The summed E-state index contributed by atoms with van der Waals surface area (Å²) < 4.78 is 21.4. The van der Waals surface area contributed by atoms with Crippen molar-refractivity contribution >= 4 is 11.8 Å². The lowest BCUT2D eigenvalue weighted by Crippen LogP contribution is -2.50. The number of carbonyl (C=O) groups excluding carboxylic acids is 2. The van der Waals surface area contributed by atoms with E-state index in [-0.39, 0.29) is 31.2 Å². The highest BCUT2D eigenvalue weighted by atomic mass is 16.7. The molecule has 2 atom stereocenters. The molecular formula is C24H26N4O6. The van der Waals surface area contributed by atoms with Gasteiger partial charge in [-0.1, -0.05) is 12.1 Å². The second kappa shape index (κ2) is 9.14. The normalized spacial score (nSPS) is 20.4. The third-order valence-electron chi connectivity index (χ3n) is 6.13. The van der Waals surface area contributed by atoms with Gasteiger partial charge in [0.15, 0.2) is 23.0 Å². The smallest absolute Gasteiger partial charge is 0.251 e. The molecule has 0 aliphatic carbocycles. The highest BCUT2D eigenvalue weighted by molar-refractivity contribution is 5.89. The Labute approximate surface area is 197 Å². The van der Waals surface area contributed by atoms with Crippen LogP contribution in [0.25, 0.3) is 0 Å². The van der Waals surface area contributed by atoms with Crippen molar-refractivity contribution in [3.8, 4) is 23.0 Å². The van der Waals surface area contributed by atoms with E-state index in [4.69, 9.17) is 18.9 Å². The number of nitrogens with one attached hydrogen (secondary N) is 2. The SMILES string of the molecule is COc1ccc(C2CC3C(=O)N(CC(=O)NCc4ccc5c(c4)OCO5)C=CN3N2)cc1OC. The van der Waals surface area contributed by atoms with Crippen LogP contribution in [0.5, 0.6) is 23.0 Å². The predicted octanol–water partition coefficient (Wildman–Crippen LogP) is 1.68. The Hall–Kier alpha value is -3.92. The Balaban J connectivity index is 1.18. The summed E-state index contributed by atoms with van der Waals surface area (Å²) >= 11 is 0. The lowest BCUT2D eigenvalue weighted by molar-refractivity contribution is -0.138. The second-order valence-electron chi connectivity index (χ2n) is 8.18. The molecule has 1 saturated heterocycles. The summed E-state index contributed by atoms with van der Waals surface area (Å²) in [4.78, 5) is 27.1. The molecule has 3 aliphatic rings. The molecular weight excluding hydrogens is 440 g/mol. The van der Waals surface area contributed by atoms with Gasteiger partial charge in [-0.05, 0) is 41.8 Å². The average Bonchev–Trinajstić information content (AvgIpc) is 3.51. The van der Waals surface area contributed by atoms with E-state index >= 15 is 0 Å². The molecule has 178 valence electrons. The number of hydrazine groups is 1. The van der Waals surface area contributed by atoms with Gasteiger partial charge in [-0.15, -0.1) is 0 Å². The lowest BCUT2D eigenvalue weighted by atomic mass is 10.0. The van der Waals surface area contributed by atoms with Crippen molar-refractivity contribution in [1.29, 1.82) is 0 Å². The highest BCUT2D eigenvalue weighted by Gasteiger charge is 2.40. The van der Waals surface area contributed by atoms with Crippen LogP contribution >= 0.6 is 0 Å². The highest BCUT2D eigenvalue weighted by Crippen LogP contribution is 2.36. The van der Waals surface area contributed by atoms with E-state index in [1.165, 1.54) is 4.90 Å². The fourth-order valence-corrected chi connectivity index (χ4v) is 4.32. The van der Waals surface area contributed by atoms with E-state index in [0.29, 0.717) is 36.0 Å². The fourth-order valence-electron chi connectivity index (χ4n) is 4.32. The molecule has 0 bridgehead atoms. The summed E-state index contributed by atoms with van der Waals surface area (Å²) in [5.41, 5.74) is 5.23. The van der Waals surface area contributed by atoms with Crippen molar-refractivity contribution < 1.29 is 28.5 Å². The molecule has 2 unspecified atom stereocenters. The molecule has 34 heavy (non-hydrogen) atoms. The van der Waals surface area contributed by atoms with Gasteiger partial charge < -0.3 is 34.2 Å². The van der Waals surface area contributed by atoms with E-state index in [0.717, 1.165) is 11.1 Å². The first-order valence-corrected chi connectivity index (χ1v) is 11.0. The summed E-state index contributed by atoms with van der Waals surface area (Å²) in [5.74, 6) is 2.27. The minimum absolute atomic E-state index is 0.0503. The van der Waals surface area contributed by atoms with Gasteiger partial charge in [-0.2, -0.15) is 0 Å². The van der Waals surface area contributed by atoms with Crippen LogP contribution in [0, 0.1) is 0 Å². The number of benzene rings is 2. The van der Waals surface area contributed by atoms with Gasteiger partial charge in [0, 0.05) is 18.9 Å². The molecule has 5 rings (SSSR count). The third kappa shape index (κ3) is 4.19. The first-order chi connectivity index (χ1) is 16.6. The molecule has 0 radical (unpaired) electrons. The van der Waals surface area contributed by atoms with Crippen LogP contribution in [0.3, 0.4) is 0 Å². The monoisotopic (exact) mass is 466 g/mol. The van der Waals surface area contributed by atoms with Gasteiger partial charge in [0.25, 0.3) is 5.91 Å². The number of amides is 2. The molecule has 2 aromatic carbocycles. The van der Waals surface area contributed by atoms with E-state index in [1.807, 2.05) is 36.4 Å². The van der Waals surface area contributed by atoms with E-state index in [1.54, 1.807) is 31.6 Å². The van der Waals surface area contributed by atoms with Crippen LogP contribution in [0.1, 0.15) is 23.6 Å². The molecule has 3 heterocycles. The number of hydrogen-bond acceptors (Lipinski definition) is 8. The molecule has 2 amide bonds. The first-order valence-electron chi connectivity index (χ1n) is 11.0. The van der Waals surface area contributed by atoms with E-state index in [9.17, 15) is 9.59 Å². The molecule has 3 aliphatic heterocycles. The number of carbonyl (C=O) groups is 2. The molecule has 2 N–H and O–H groups in total. The number of hydrogen-bond donors (Lipinski definition) is 2. The molecule has 0 aromatic heterocycles. The summed E-state index contributed by atoms with van der Waals surface area (Å²) in [6, 6.07) is 10.8. The van der Waals surface area contributed by atoms with Gasteiger partial charge >= 0.3 is 0 Å². The van der Waals surface area contributed by atoms with Gasteiger partial charge in [-0.25, -0.2) is 5.43 Å². The molecule has 10 heteroatoms. The van der Waals surface area contributed by atoms with Crippen LogP contribution in [0.4, 0.5) is 0 Å². The molecule has 0 saturated carbocycles. The Bertz CT molecular complexity index is 1140. The van der Waals surface area contributed by atoms with Crippen LogP contribution in [0.15, 0.2) is 48.8 Å². The lowest BCUT2D eigenvalue weighted by Gasteiger charge is -2.31. The maximum atomic E-state index is 13.1. The third-order valence-corrected chi connectivity index (χ3v) is 6.13.